The molecule has 0 fully saturated rings. The van der Waals surface area contributed by atoms with Gasteiger partial charge in [-0.3, -0.25) is 9.69 Å². The van der Waals surface area contributed by atoms with Crippen LogP contribution >= 0.6 is 0 Å². The number of aromatic nitrogens is 2. The van der Waals surface area contributed by atoms with Crippen molar-refractivity contribution in [3.63, 3.8) is 0 Å². The molecular formula is C28H35N5O2. The van der Waals surface area contributed by atoms with Gasteiger partial charge in [-0.05, 0) is 61.8 Å². The minimum absolute atomic E-state index is 0.0255. The molecule has 1 aromatic heterocycles. The summed E-state index contributed by atoms with van der Waals surface area (Å²) in [5.41, 5.74) is 2.70. The molecule has 0 bridgehead atoms. The van der Waals surface area contributed by atoms with Gasteiger partial charge < -0.3 is 15.0 Å². The van der Waals surface area contributed by atoms with E-state index >= 15 is 0 Å². The highest BCUT2D eigenvalue weighted by molar-refractivity contribution is 6.06. The topological polar surface area (TPSA) is 70.6 Å². The molecular weight excluding hydrogens is 438 g/mol. The van der Waals surface area contributed by atoms with Gasteiger partial charge in [-0.2, -0.15) is 4.98 Å². The van der Waals surface area contributed by atoms with Crippen molar-refractivity contribution in [1.82, 2.24) is 14.9 Å². The molecule has 0 aliphatic carbocycles. The van der Waals surface area contributed by atoms with Crippen LogP contribution in [0.3, 0.4) is 0 Å². The smallest absolute Gasteiger partial charge is 0.259 e. The van der Waals surface area contributed by atoms with Crippen molar-refractivity contribution in [2.45, 2.75) is 33.2 Å². The third kappa shape index (κ3) is 6.17. The quantitative estimate of drug-likeness (QED) is 0.481. The average molecular weight is 474 g/mol. The molecule has 0 radical (unpaired) electrons. The van der Waals surface area contributed by atoms with Crippen LogP contribution in [0.25, 0.3) is 0 Å². The number of amides is 1. The molecule has 35 heavy (non-hydrogen) atoms. The van der Waals surface area contributed by atoms with Crippen LogP contribution in [0, 0.1) is 5.41 Å². The van der Waals surface area contributed by atoms with Crippen LogP contribution in [-0.4, -0.2) is 54.6 Å². The maximum absolute atomic E-state index is 13.9. The number of carbonyl (C=O) groups is 1. The molecule has 0 spiro atoms. The van der Waals surface area contributed by atoms with E-state index in [-0.39, 0.29) is 17.4 Å². The maximum Gasteiger partial charge on any atom is 0.259 e. The van der Waals surface area contributed by atoms with Gasteiger partial charge in [-0.15, -0.1) is 0 Å². The summed E-state index contributed by atoms with van der Waals surface area (Å²) in [5, 5.41) is 3.38. The largest absolute Gasteiger partial charge is 0.493 e. The fourth-order valence-corrected chi connectivity index (χ4v) is 4.65. The fourth-order valence-electron chi connectivity index (χ4n) is 4.65. The zero-order chi connectivity index (χ0) is 25.0. The number of nitrogens with one attached hydrogen (secondary N) is 1. The number of hydrogen-bond acceptors (Lipinski definition) is 6. The van der Waals surface area contributed by atoms with Gasteiger partial charge in [0, 0.05) is 31.3 Å². The molecule has 0 saturated heterocycles. The van der Waals surface area contributed by atoms with Crippen LogP contribution in [0.2, 0.25) is 0 Å². The molecule has 7 heteroatoms. The number of benzene rings is 2. The lowest BCUT2D eigenvalue weighted by Gasteiger charge is -2.34. The first-order valence-electron chi connectivity index (χ1n) is 12.1. The van der Waals surface area contributed by atoms with E-state index < -0.39 is 0 Å². The minimum atomic E-state index is -0.158. The van der Waals surface area contributed by atoms with Gasteiger partial charge in [-0.1, -0.05) is 44.2 Å². The van der Waals surface area contributed by atoms with Gasteiger partial charge in [0.15, 0.2) is 0 Å². The molecule has 0 unspecified atom stereocenters. The Kier molecular flexibility index (Phi) is 7.36. The van der Waals surface area contributed by atoms with Gasteiger partial charge in [0.2, 0.25) is 5.95 Å². The summed E-state index contributed by atoms with van der Waals surface area (Å²) in [6.45, 7) is 8.41. The Hall–Kier alpha value is -3.45. The Morgan fingerprint density at radius 3 is 2.63 bits per heavy atom. The lowest BCUT2D eigenvalue weighted by Crippen LogP contribution is -2.43. The molecule has 0 saturated carbocycles. The third-order valence-electron chi connectivity index (χ3n) is 6.07. The molecule has 1 atom stereocenters. The summed E-state index contributed by atoms with van der Waals surface area (Å²) in [5.74, 6) is 1.86. The Bertz CT molecular complexity index is 1160. The standard InChI is InChI=1S/C28H35N5O2/c1-20(21-9-7-6-8-10-21)30-27-29-15-13-25(31-27)33(19-28(2,3)18-32(4)5)26(34)23-11-12-24-22(17-23)14-16-35-24/h6-13,15,17,20H,14,16,18-19H2,1-5H3,(H,29,30,31)/t20-/m0/s1. The van der Waals surface area contributed by atoms with Crippen molar-refractivity contribution in [3.8, 4) is 5.75 Å². The van der Waals surface area contributed by atoms with E-state index in [1.165, 1.54) is 0 Å². The van der Waals surface area contributed by atoms with Crippen molar-refractivity contribution in [2.75, 3.05) is 44.0 Å². The number of fused-ring (bicyclic) bond motifs is 1. The van der Waals surface area contributed by atoms with Crippen LogP contribution in [-0.2, 0) is 6.42 Å². The number of anilines is 2. The number of hydrogen-bond donors (Lipinski definition) is 1. The Morgan fingerprint density at radius 2 is 1.89 bits per heavy atom. The second-order valence-corrected chi connectivity index (χ2v) is 10.2. The molecule has 7 nitrogen and oxygen atoms in total. The van der Waals surface area contributed by atoms with Gasteiger partial charge in [0.1, 0.15) is 11.6 Å². The molecule has 1 aliphatic rings. The first-order valence-corrected chi connectivity index (χ1v) is 12.1. The van der Waals surface area contributed by atoms with E-state index in [2.05, 4.69) is 48.1 Å². The van der Waals surface area contributed by atoms with E-state index in [4.69, 9.17) is 9.72 Å². The number of rotatable bonds is 9. The summed E-state index contributed by atoms with van der Waals surface area (Å²) in [4.78, 5) is 27.0. The zero-order valence-electron chi connectivity index (χ0n) is 21.3. The molecule has 4 rings (SSSR count). The predicted molar refractivity (Wildman–Crippen MR) is 140 cm³/mol. The molecule has 3 aromatic rings. The lowest BCUT2D eigenvalue weighted by molar-refractivity contribution is 0.0970. The fraction of sp³-hybridized carbons (Fsp3) is 0.393. The molecule has 2 aromatic carbocycles. The van der Waals surface area contributed by atoms with Crippen molar-refractivity contribution in [3.05, 3.63) is 77.5 Å². The van der Waals surface area contributed by atoms with Crippen molar-refractivity contribution >= 4 is 17.7 Å². The summed E-state index contributed by atoms with van der Waals surface area (Å²) in [6, 6.07) is 17.7. The Balaban J connectivity index is 1.64. The van der Waals surface area contributed by atoms with Crippen molar-refractivity contribution < 1.29 is 9.53 Å². The normalized spacial score (nSPS) is 13.8. The summed E-state index contributed by atoms with van der Waals surface area (Å²) in [6.07, 6.45) is 2.53. The van der Waals surface area contributed by atoms with Crippen molar-refractivity contribution in [2.24, 2.45) is 5.41 Å². The highest BCUT2D eigenvalue weighted by Crippen LogP contribution is 2.29. The SMILES string of the molecule is C[C@H](Nc1nccc(N(CC(C)(C)CN(C)C)C(=O)c2ccc3c(c2)CCO3)n1)c1ccccc1. The number of carbonyl (C=O) groups excluding carboxylic acids is 1. The van der Waals surface area contributed by atoms with E-state index in [0.29, 0.717) is 30.5 Å². The molecule has 1 aliphatic heterocycles. The first kappa shape index (κ1) is 24.7. The lowest BCUT2D eigenvalue weighted by atomic mass is 9.91. The first-order chi connectivity index (χ1) is 16.7. The van der Waals surface area contributed by atoms with Crippen LogP contribution in [0.5, 0.6) is 5.75 Å². The second kappa shape index (κ2) is 10.4. The zero-order valence-corrected chi connectivity index (χ0v) is 21.3. The van der Waals surface area contributed by atoms with Crippen molar-refractivity contribution in [1.29, 1.82) is 0 Å². The Labute approximate surface area is 208 Å². The van der Waals surface area contributed by atoms with E-state index in [9.17, 15) is 4.79 Å². The second-order valence-electron chi connectivity index (χ2n) is 10.2. The summed E-state index contributed by atoms with van der Waals surface area (Å²) >= 11 is 0. The van der Waals surface area contributed by atoms with E-state index in [0.717, 1.165) is 29.8 Å². The predicted octanol–water partition coefficient (Wildman–Crippen LogP) is 4.82. The molecule has 1 amide bonds. The maximum atomic E-state index is 13.9. The molecule has 184 valence electrons. The third-order valence-corrected chi connectivity index (χ3v) is 6.07. The minimum Gasteiger partial charge on any atom is -0.493 e. The average Bonchev–Trinajstić information content (AvgIpc) is 3.30. The summed E-state index contributed by atoms with van der Waals surface area (Å²) in [7, 11) is 4.10. The van der Waals surface area contributed by atoms with E-state index in [1.807, 2.05) is 50.5 Å². The highest BCUT2D eigenvalue weighted by Gasteiger charge is 2.29. The number of ether oxygens (including phenoxy) is 1. The van der Waals surface area contributed by atoms with Crippen LogP contribution in [0.15, 0.2) is 60.8 Å². The molecule has 2 heterocycles. The van der Waals surface area contributed by atoms with Crippen LogP contribution < -0.4 is 15.0 Å². The monoisotopic (exact) mass is 473 g/mol. The Morgan fingerprint density at radius 1 is 1.11 bits per heavy atom. The van der Waals surface area contributed by atoms with Crippen LogP contribution in [0.1, 0.15) is 48.3 Å². The van der Waals surface area contributed by atoms with Gasteiger partial charge in [0.05, 0.1) is 12.6 Å². The molecule has 1 N–H and O–H groups in total. The number of nitrogens with zero attached hydrogens (tertiary/aromatic N) is 4. The highest BCUT2D eigenvalue weighted by atomic mass is 16.5. The van der Waals surface area contributed by atoms with Crippen LogP contribution in [0.4, 0.5) is 11.8 Å². The summed E-state index contributed by atoms with van der Waals surface area (Å²) < 4.78 is 5.63. The van der Waals surface area contributed by atoms with E-state index in [1.54, 1.807) is 17.2 Å². The van der Waals surface area contributed by atoms with Gasteiger partial charge in [-0.25, -0.2) is 4.98 Å². The van der Waals surface area contributed by atoms with Gasteiger partial charge in [0.25, 0.3) is 5.91 Å². The van der Waals surface area contributed by atoms with Gasteiger partial charge >= 0.3 is 0 Å².